The lowest BCUT2D eigenvalue weighted by Gasteiger charge is -2.14. The van der Waals surface area contributed by atoms with Crippen LogP contribution in [0, 0.1) is 6.92 Å². The number of fused-ring (bicyclic) bond motifs is 1. The third-order valence-corrected chi connectivity index (χ3v) is 6.54. The van der Waals surface area contributed by atoms with Crippen LogP contribution in [0.25, 0.3) is 16.7 Å². The average Bonchev–Trinajstić information content (AvgIpc) is 3.50. The Hall–Kier alpha value is -3.63. The lowest BCUT2D eigenvalue weighted by molar-refractivity contribution is -0.0884. The van der Waals surface area contributed by atoms with Crippen molar-refractivity contribution in [1.29, 1.82) is 0 Å². The second-order valence-corrected chi connectivity index (χ2v) is 9.27. The molecule has 1 saturated heterocycles. The van der Waals surface area contributed by atoms with Crippen molar-refractivity contribution in [2.75, 3.05) is 18.4 Å². The fourth-order valence-electron chi connectivity index (χ4n) is 4.68. The SMILES string of the molecule is Cc1cn(-c2cccc(Nc3ccc4c(c3)c(C(=O)C(F)(F)F)cn4C)n2)cc1CN1CC[C@@H](O)C1. The average molecular weight is 498 g/mol. The van der Waals surface area contributed by atoms with Crippen LogP contribution in [0.5, 0.6) is 0 Å². The zero-order valence-electron chi connectivity index (χ0n) is 19.9. The molecule has 1 aromatic carbocycles. The van der Waals surface area contributed by atoms with Crippen LogP contribution >= 0.6 is 0 Å². The van der Waals surface area contributed by atoms with E-state index in [1.54, 1.807) is 25.2 Å². The molecule has 0 saturated carbocycles. The van der Waals surface area contributed by atoms with E-state index >= 15 is 0 Å². The molecule has 4 heterocycles. The van der Waals surface area contributed by atoms with Gasteiger partial charge < -0.3 is 19.6 Å². The molecule has 1 aliphatic rings. The van der Waals surface area contributed by atoms with Gasteiger partial charge >= 0.3 is 6.18 Å². The van der Waals surface area contributed by atoms with Gasteiger partial charge in [-0.05, 0) is 54.8 Å². The largest absolute Gasteiger partial charge is 0.454 e. The van der Waals surface area contributed by atoms with Gasteiger partial charge in [-0.1, -0.05) is 6.07 Å². The number of benzene rings is 1. The molecule has 0 aliphatic carbocycles. The van der Waals surface area contributed by atoms with E-state index in [-0.39, 0.29) is 17.1 Å². The number of pyridine rings is 1. The minimum absolute atomic E-state index is 0.221. The van der Waals surface area contributed by atoms with Gasteiger partial charge in [0, 0.05) is 61.9 Å². The van der Waals surface area contributed by atoms with Crippen molar-refractivity contribution in [3.8, 4) is 5.82 Å². The van der Waals surface area contributed by atoms with Crippen molar-refractivity contribution >= 4 is 28.2 Å². The lowest BCUT2D eigenvalue weighted by atomic mass is 10.1. The van der Waals surface area contributed by atoms with Crippen molar-refractivity contribution in [3.63, 3.8) is 0 Å². The molecule has 0 radical (unpaired) electrons. The fourth-order valence-corrected chi connectivity index (χ4v) is 4.68. The smallest absolute Gasteiger partial charge is 0.392 e. The number of likely N-dealkylation sites (tertiary alicyclic amines) is 1. The predicted molar refractivity (Wildman–Crippen MR) is 131 cm³/mol. The summed E-state index contributed by atoms with van der Waals surface area (Å²) in [6, 6.07) is 10.4. The molecule has 1 fully saturated rings. The highest BCUT2D eigenvalue weighted by Crippen LogP contribution is 2.31. The van der Waals surface area contributed by atoms with Gasteiger partial charge in [-0.15, -0.1) is 0 Å². The van der Waals surface area contributed by atoms with Gasteiger partial charge in [0.05, 0.1) is 11.7 Å². The van der Waals surface area contributed by atoms with Gasteiger partial charge in [-0.3, -0.25) is 9.69 Å². The predicted octanol–water partition coefficient (Wildman–Crippen LogP) is 4.73. The zero-order valence-corrected chi connectivity index (χ0v) is 19.9. The molecule has 0 bridgehead atoms. The minimum Gasteiger partial charge on any atom is -0.392 e. The Balaban J connectivity index is 1.39. The molecule has 10 heteroatoms. The summed E-state index contributed by atoms with van der Waals surface area (Å²) in [5.74, 6) is -0.667. The number of rotatable bonds is 6. The molecule has 3 aromatic heterocycles. The number of hydrogen-bond acceptors (Lipinski definition) is 5. The summed E-state index contributed by atoms with van der Waals surface area (Å²) in [6.07, 6.45) is 0.800. The first-order chi connectivity index (χ1) is 17.1. The Morgan fingerprint density at radius 3 is 2.72 bits per heavy atom. The van der Waals surface area contributed by atoms with Crippen LogP contribution in [-0.4, -0.2) is 55.3 Å². The summed E-state index contributed by atoms with van der Waals surface area (Å²) in [5.41, 5.74) is 2.93. The maximum absolute atomic E-state index is 13.1. The quantitative estimate of drug-likeness (QED) is 0.377. The van der Waals surface area contributed by atoms with E-state index in [0.29, 0.717) is 29.4 Å². The standard InChI is InChI=1S/C26H26F3N5O2/c1-16-11-34(13-17(16)12-33-9-8-19(35)14-33)24-5-3-4-23(31-24)30-18-6-7-22-20(10-18)21(15-32(22)2)25(36)26(27,28)29/h3-7,10-11,13,15,19,35H,8-9,12,14H2,1-2H3,(H,30,31)/t19-/m1/s1. The van der Waals surface area contributed by atoms with Gasteiger partial charge in [0.15, 0.2) is 0 Å². The Morgan fingerprint density at radius 1 is 1.19 bits per heavy atom. The number of ketones is 1. The molecule has 36 heavy (non-hydrogen) atoms. The number of carbonyl (C=O) groups excluding carboxylic acids is 1. The van der Waals surface area contributed by atoms with Crippen molar-refractivity contribution in [1.82, 2.24) is 19.0 Å². The molecule has 0 spiro atoms. The number of anilines is 2. The molecule has 1 aliphatic heterocycles. The van der Waals surface area contributed by atoms with E-state index in [1.165, 1.54) is 16.8 Å². The Kier molecular flexibility index (Phi) is 6.09. The first-order valence-corrected chi connectivity index (χ1v) is 11.6. The topological polar surface area (TPSA) is 75.3 Å². The molecule has 4 aromatic rings. The number of alkyl halides is 3. The van der Waals surface area contributed by atoms with Crippen LogP contribution in [-0.2, 0) is 13.6 Å². The van der Waals surface area contributed by atoms with E-state index in [2.05, 4.69) is 15.2 Å². The normalized spacial score (nSPS) is 16.7. The van der Waals surface area contributed by atoms with E-state index in [4.69, 9.17) is 0 Å². The first-order valence-electron chi connectivity index (χ1n) is 11.6. The van der Waals surface area contributed by atoms with Crippen LogP contribution in [0.1, 0.15) is 27.9 Å². The molecule has 2 N–H and O–H groups in total. The van der Waals surface area contributed by atoms with Gasteiger partial charge in [0.25, 0.3) is 5.78 Å². The minimum atomic E-state index is -4.95. The second-order valence-electron chi connectivity index (χ2n) is 9.27. The second kappa shape index (κ2) is 9.11. The Morgan fingerprint density at radius 2 is 2.00 bits per heavy atom. The maximum Gasteiger partial charge on any atom is 0.454 e. The highest BCUT2D eigenvalue weighted by atomic mass is 19.4. The van der Waals surface area contributed by atoms with Crippen LogP contribution in [0.2, 0.25) is 0 Å². The van der Waals surface area contributed by atoms with Gasteiger partial charge in [0.2, 0.25) is 0 Å². The van der Waals surface area contributed by atoms with Crippen LogP contribution in [0.15, 0.2) is 55.0 Å². The van der Waals surface area contributed by atoms with Crippen molar-refractivity contribution in [2.45, 2.75) is 32.2 Å². The fraction of sp³-hybridized carbons (Fsp3) is 0.308. The maximum atomic E-state index is 13.1. The lowest BCUT2D eigenvalue weighted by Crippen LogP contribution is -2.22. The summed E-state index contributed by atoms with van der Waals surface area (Å²) in [4.78, 5) is 18.8. The number of β-amino-alcohol motifs (C(OH)–C–C–N with tert-alkyl or cyclic N) is 1. The molecular formula is C26H26F3N5O2. The molecule has 7 nitrogen and oxygen atoms in total. The number of aliphatic hydroxyl groups excluding tert-OH is 1. The Bertz CT molecular complexity index is 1440. The molecule has 0 amide bonds. The van der Waals surface area contributed by atoms with E-state index in [9.17, 15) is 23.1 Å². The number of halogens is 3. The summed E-state index contributed by atoms with van der Waals surface area (Å²) in [6.45, 7) is 4.33. The number of hydrogen-bond donors (Lipinski definition) is 2. The van der Waals surface area contributed by atoms with E-state index in [1.807, 2.05) is 36.0 Å². The Labute approximate surface area is 205 Å². The number of Topliss-reactive ketones (excluding diaryl/α,β-unsaturated/α-hetero) is 1. The number of aromatic nitrogens is 3. The van der Waals surface area contributed by atoms with E-state index < -0.39 is 12.0 Å². The van der Waals surface area contributed by atoms with Crippen LogP contribution in [0.4, 0.5) is 24.7 Å². The highest BCUT2D eigenvalue weighted by Gasteiger charge is 2.40. The molecule has 0 unspecified atom stereocenters. The van der Waals surface area contributed by atoms with Crippen molar-refractivity contribution in [2.24, 2.45) is 7.05 Å². The molecule has 5 rings (SSSR count). The number of aryl methyl sites for hydroxylation is 2. The molecule has 188 valence electrons. The number of nitrogens with one attached hydrogen (secondary N) is 1. The van der Waals surface area contributed by atoms with Crippen LogP contribution < -0.4 is 5.32 Å². The van der Waals surface area contributed by atoms with Gasteiger partial charge in [0.1, 0.15) is 11.6 Å². The number of aliphatic hydroxyl groups is 1. The first kappa shape index (κ1) is 24.1. The highest BCUT2D eigenvalue weighted by molar-refractivity contribution is 6.11. The van der Waals surface area contributed by atoms with Crippen LogP contribution in [0.3, 0.4) is 0 Å². The summed E-state index contributed by atoms with van der Waals surface area (Å²) >= 11 is 0. The molecule has 1 atom stereocenters. The van der Waals surface area contributed by atoms with Gasteiger partial charge in [-0.2, -0.15) is 13.2 Å². The van der Waals surface area contributed by atoms with E-state index in [0.717, 1.165) is 30.6 Å². The summed E-state index contributed by atoms with van der Waals surface area (Å²) in [7, 11) is 1.60. The number of nitrogens with zero attached hydrogens (tertiary/aromatic N) is 4. The summed E-state index contributed by atoms with van der Waals surface area (Å²) < 4.78 is 42.7. The van der Waals surface area contributed by atoms with Crippen molar-refractivity contribution in [3.05, 3.63) is 71.7 Å². The van der Waals surface area contributed by atoms with Gasteiger partial charge in [-0.25, -0.2) is 4.98 Å². The number of carbonyl (C=O) groups is 1. The monoisotopic (exact) mass is 497 g/mol. The van der Waals surface area contributed by atoms with Crippen molar-refractivity contribution < 1.29 is 23.1 Å². The zero-order chi connectivity index (χ0) is 25.6. The third kappa shape index (κ3) is 4.74. The summed E-state index contributed by atoms with van der Waals surface area (Å²) in [5, 5.41) is 13.2. The third-order valence-electron chi connectivity index (χ3n) is 6.54. The molecular weight excluding hydrogens is 471 g/mol.